The highest BCUT2D eigenvalue weighted by atomic mass is 16.6. The number of carbonyl (C=O) groups excluding carboxylic acids is 1. The molecule has 0 spiro atoms. The van der Waals surface area contributed by atoms with Gasteiger partial charge in [-0.25, -0.2) is 4.79 Å². The van der Waals surface area contributed by atoms with E-state index in [1.807, 2.05) is 31.2 Å². The Hall–Kier alpha value is -4.01. The molecule has 0 aliphatic heterocycles. The number of nitro groups is 1. The molecule has 0 saturated carbocycles. The maximum atomic E-state index is 12.1. The third-order valence-corrected chi connectivity index (χ3v) is 4.01. The quantitative estimate of drug-likeness (QED) is 0.233. The predicted molar refractivity (Wildman–Crippen MR) is 108 cm³/mol. The van der Waals surface area contributed by atoms with Gasteiger partial charge in [0.15, 0.2) is 6.10 Å². The predicted octanol–water partition coefficient (Wildman–Crippen LogP) is 4.36. The van der Waals surface area contributed by atoms with E-state index in [-0.39, 0.29) is 17.5 Å². The number of benzene rings is 2. The van der Waals surface area contributed by atoms with Gasteiger partial charge >= 0.3 is 5.97 Å². The van der Waals surface area contributed by atoms with E-state index in [0.29, 0.717) is 12.2 Å². The second-order valence-corrected chi connectivity index (χ2v) is 6.16. The normalized spacial score (nSPS) is 11.9. The lowest BCUT2D eigenvalue weighted by Gasteiger charge is -2.07. The molecule has 0 radical (unpaired) electrons. The molecule has 3 aromatic rings. The summed E-state index contributed by atoms with van der Waals surface area (Å²) < 4.78 is 16.2. The smallest absolute Gasteiger partial charge is 0.331 e. The Kier molecular flexibility index (Phi) is 6.53. The van der Waals surface area contributed by atoms with Gasteiger partial charge in [-0.3, -0.25) is 10.1 Å². The molecule has 0 aliphatic carbocycles. The summed E-state index contributed by atoms with van der Waals surface area (Å²) in [7, 11) is 0. The molecule has 0 unspecified atom stereocenters. The Labute approximate surface area is 172 Å². The molecule has 9 heteroatoms. The number of esters is 1. The van der Waals surface area contributed by atoms with Crippen molar-refractivity contribution in [3.8, 4) is 17.2 Å². The third kappa shape index (κ3) is 5.28. The zero-order valence-electron chi connectivity index (χ0n) is 16.3. The molecule has 1 aromatic heterocycles. The Bertz CT molecular complexity index is 1040. The van der Waals surface area contributed by atoms with E-state index >= 15 is 0 Å². The number of ether oxygens (including phenoxy) is 2. The summed E-state index contributed by atoms with van der Waals surface area (Å²) in [6.45, 7) is 4.10. The summed E-state index contributed by atoms with van der Waals surface area (Å²) in [6, 6.07) is 13.0. The van der Waals surface area contributed by atoms with Gasteiger partial charge in [0, 0.05) is 23.8 Å². The van der Waals surface area contributed by atoms with Crippen molar-refractivity contribution < 1.29 is 23.6 Å². The first-order valence-electron chi connectivity index (χ1n) is 9.16. The molecule has 0 bridgehead atoms. The van der Waals surface area contributed by atoms with Gasteiger partial charge in [-0.1, -0.05) is 12.1 Å². The highest BCUT2D eigenvalue weighted by molar-refractivity contribution is 5.87. The summed E-state index contributed by atoms with van der Waals surface area (Å²) in [5.74, 6) is 0.483. The number of hydrogen-bond acceptors (Lipinski definition) is 8. The lowest BCUT2D eigenvalue weighted by atomic mass is 10.2. The molecule has 30 heavy (non-hydrogen) atoms. The van der Waals surface area contributed by atoms with Crippen molar-refractivity contribution in [2.75, 3.05) is 6.61 Å². The largest absolute Gasteiger partial charge is 0.494 e. The van der Waals surface area contributed by atoms with E-state index in [1.165, 1.54) is 30.3 Å². The Morgan fingerprint density at radius 3 is 2.50 bits per heavy atom. The number of nitro benzene ring substituents is 1. The molecule has 154 valence electrons. The molecule has 0 saturated heterocycles. The van der Waals surface area contributed by atoms with Crippen LogP contribution >= 0.6 is 0 Å². The monoisotopic (exact) mass is 409 g/mol. The second kappa shape index (κ2) is 9.46. The van der Waals surface area contributed by atoms with E-state index in [2.05, 4.69) is 10.2 Å². The zero-order valence-corrected chi connectivity index (χ0v) is 16.3. The van der Waals surface area contributed by atoms with Crippen molar-refractivity contribution in [1.29, 1.82) is 0 Å². The minimum atomic E-state index is -0.762. The van der Waals surface area contributed by atoms with Crippen LogP contribution in [0.1, 0.15) is 31.4 Å². The maximum absolute atomic E-state index is 12.1. The van der Waals surface area contributed by atoms with Crippen molar-refractivity contribution in [2.45, 2.75) is 20.0 Å². The third-order valence-electron chi connectivity index (χ3n) is 4.01. The lowest BCUT2D eigenvalue weighted by molar-refractivity contribution is -0.384. The standard InChI is InChI=1S/C21H19N3O6/c1-3-28-18-11-4-15(5-12-18)6-13-19(25)29-14(2)20-22-23-21(30-20)16-7-9-17(10-8-16)24(26)27/h4-14H,3H2,1-2H3/b13-6+/t14-/m1/s1. The van der Waals surface area contributed by atoms with Crippen molar-refractivity contribution in [1.82, 2.24) is 10.2 Å². The van der Waals surface area contributed by atoms with Crippen molar-refractivity contribution in [3.05, 3.63) is 76.2 Å². The van der Waals surface area contributed by atoms with Gasteiger partial charge in [-0.2, -0.15) is 0 Å². The van der Waals surface area contributed by atoms with Crippen molar-refractivity contribution in [2.24, 2.45) is 0 Å². The highest BCUT2D eigenvalue weighted by Gasteiger charge is 2.18. The molecule has 0 amide bonds. The van der Waals surface area contributed by atoms with E-state index in [9.17, 15) is 14.9 Å². The maximum Gasteiger partial charge on any atom is 0.331 e. The van der Waals surface area contributed by atoms with Crippen LogP contribution in [0.3, 0.4) is 0 Å². The minimum Gasteiger partial charge on any atom is -0.494 e. The highest BCUT2D eigenvalue weighted by Crippen LogP contribution is 2.24. The average molecular weight is 409 g/mol. The summed E-state index contributed by atoms with van der Waals surface area (Å²) in [4.78, 5) is 22.3. The number of hydrogen-bond donors (Lipinski definition) is 0. The van der Waals surface area contributed by atoms with Gasteiger partial charge in [0.1, 0.15) is 5.75 Å². The van der Waals surface area contributed by atoms with E-state index in [0.717, 1.165) is 11.3 Å². The van der Waals surface area contributed by atoms with E-state index in [4.69, 9.17) is 13.9 Å². The number of non-ortho nitro benzene ring substituents is 1. The zero-order chi connectivity index (χ0) is 21.5. The average Bonchev–Trinajstić information content (AvgIpc) is 3.24. The summed E-state index contributed by atoms with van der Waals surface area (Å²) in [6.07, 6.45) is 2.17. The first kappa shape index (κ1) is 20.7. The molecule has 0 N–H and O–H groups in total. The molecule has 0 aliphatic rings. The topological polar surface area (TPSA) is 118 Å². The molecule has 1 heterocycles. The molecule has 3 rings (SSSR count). The SMILES string of the molecule is CCOc1ccc(/C=C/C(=O)O[C@H](C)c2nnc(-c3ccc([N+](=O)[O-])cc3)o2)cc1. The fraction of sp³-hybridized carbons (Fsp3) is 0.190. The number of nitrogens with zero attached hydrogens (tertiary/aromatic N) is 3. The summed E-state index contributed by atoms with van der Waals surface area (Å²) in [5.41, 5.74) is 1.30. The van der Waals surface area contributed by atoms with E-state index in [1.54, 1.807) is 13.0 Å². The van der Waals surface area contributed by atoms with Crippen LogP contribution in [-0.4, -0.2) is 27.7 Å². The Morgan fingerprint density at radius 1 is 1.17 bits per heavy atom. The Morgan fingerprint density at radius 2 is 1.87 bits per heavy atom. The number of carbonyl (C=O) groups is 1. The molecule has 0 fully saturated rings. The second-order valence-electron chi connectivity index (χ2n) is 6.16. The van der Waals surface area contributed by atoms with Gasteiger partial charge in [-0.05, 0) is 49.8 Å². The van der Waals surface area contributed by atoms with Crippen molar-refractivity contribution in [3.63, 3.8) is 0 Å². The van der Waals surface area contributed by atoms with Crippen LogP contribution in [0.5, 0.6) is 5.75 Å². The van der Waals surface area contributed by atoms with Gasteiger partial charge in [0.05, 0.1) is 11.5 Å². The molecule has 1 atom stereocenters. The van der Waals surface area contributed by atoms with Gasteiger partial charge < -0.3 is 13.9 Å². The van der Waals surface area contributed by atoms with Gasteiger partial charge in [0.2, 0.25) is 5.89 Å². The fourth-order valence-corrected chi connectivity index (χ4v) is 2.51. The van der Waals surface area contributed by atoms with Crippen LogP contribution in [0.4, 0.5) is 5.69 Å². The molecular formula is C21H19N3O6. The van der Waals surface area contributed by atoms with Crippen molar-refractivity contribution >= 4 is 17.7 Å². The van der Waals surface area contributed by atoms with Crippen LogP contribution in [0, 0.1) is 10.1 Å². The molecule has 2 aromatic carbocycles. The first-order chi connectivity index (χ1) is 14.5. The lowest BCUT2D eigenvalue weighted by Crippen LogP contribution is -2.06. The summed E-state index contributed by atoms with van der Waals surface area (Å²) >= 11 is 0. The van der Waals surface area contributed by atoms with Crippen LogP contribution in [-0.2, 0) is 9.53 Å². The van der Waals surface area contributed by atoms with Crippen LogP contribution < -0.4 is 4.74 Å². The number of rotatable bonds is 8. The minimum absolute atomic E-state index is 0.0416. The van der Waals surface area contributed by atoms with E-state index < -0.39 is 17.0 Å². The van der Waals surface area contributed by atoms with Crippen LogP contribution in [0.2, 0.25) is 0 Å². The summed E-state index contributed by atoms with van der Waals surface area (Å²) in [5, 5.41) is 18.5. The number of aromatic nitrogens is 2. The molecule has 9 nitrogen and oxygen atoms in total. The van der Waals surface area contributed by atoms with Crippen LogP contribution in [0.15, 0.2) is 59.0 Å². The fourth-order valence-electron chi connectivity index (χ4n) is 2.51. The van der Waals surface area contributed by atoms with Gasteiger partial charge in [-0.15, -0.1) is 10.2 Å². The van der Waals surface area contributed by atoms with Crippen LogP contribution in [0.25, 0.3) is 17.5 Å². The Balaban J connectivity index is 1.59. The molecular weight excluding hydrogens is 390 g/mol. The van der Waals surface area contributed by atoms with Gasteiger partial charge in [0.25, 0.3) is 11.6 Å². The first-order valence-corrected chi connectivity index (χ1v) is 9.16.